The minimum atomic E-state index is -0.0198. The molecule has 1 heterocycles. The molecular weight excluding hydrogens is 276 g/mol. The molecule has 0 aliphatic carbocycles. The van der Waals surface area contributed by atoms with Crippen LogP contribution in [0, 0.1) is 6.92 Å². The van der Waals surface area contributed by atoms with E-state index in [-0.39, 0.29) is 5.91 Å². The Bertz CT molecular complexity index is 463. The minimum absolute atomic E-state index is 0.0198. The van der Waals surface area contributed by atoms with Gasteiger partial charge in [0.05, 0.1) is 0 Å². The summed E-state index contributed by atoms with van der Waals surface area (Å²) in [7, 11) is 0. The average molecular weight is 306 g/mol. The van der Waals surface area contributed by atoms with Gasteiger partial charge in [0.1, 0.15) is 17.2 Å². The van der Waals surface area contributed by atoms with Crippen molar-refractivity contribution in [1.82, 2.24) is 5.43 Å². The number of rotatable bonds is 11. The summed E-state index contributed by atoms with van der Waals surface area (Å²) in [6.45, 7) is 5.95. The van der Waals surface area contributed by atoms with Gasteiger partial charge in [0.25, 0.3) is 0 Å². The summed E-state index contributed by atoms with van der Waals surface area (Å²) in [5.41, 5.74) is 3.29. The van der Waals surface area contributed by atoms with Crippen LogP contribution in [-0.4, -0.2) is 11.6 Å². The van der Waals surface area contributed by atoms with Crippen molar-refractivity contribution in [3.05, 3.63) is 23.7 Å². The molecule has 0 radical (unpaired) electrons. The molecule has 0 spiro atoms. The molecule has 1 aromatic heterocycles. The SMILES string of the molecule is CCCCCCCCCCC(=O)NN=C(C)c1ccc(C)o1. The Balaban J connectivity index is 2.08. The zero-order valence-corrected chi connectivity index (χ0v) is 14.3. The summed E-state index contributed by atoms with van der Waals surface area (Å²) in [6, 6.07) is 3.75. The van der Waals surface area contributed by atoms with Gasteiger partial charge in [0.15, 0.2) is 0 Å². The van der Waals surface area contributed by atoms with Crippen LogP contribution in [0.25, 0.3) is 0 Å². The van der Waals surface area contributed by atoms with Crippen LogP contribution in [-0.2, 0) is 4.79 Å². The third kappa shape index (κ3) is 8.01. The monoisotopic (exact) mass is 306 g/mol. The number of amides is 1. The molecule has 0 fully saturated rings. The lowest BCUT2D eigenvalue weighted by atomic mass is 10.1. The highest BCUT2D eigenvalue weighted by Crippen LogP contribution is 2.10. The summed E-state index contributed by atoms with van der Waals surface area (Å²) in [6.07, 6.45) is 10.4. The fraction of sp³-hybridized carbons (Fsp3) is 0.667. The minimum Gasteiger partial charge on any atom is -0.460 e. The van der Waals surface area contributed by atoms with Crippen molar-refractivity contribution in [2.24, 2.45) is 5.10 Å². The summed E-state index contributed by atoms with van der Waals surface area (Å²) < 4.78 is 5.45. The Kier molecular flexibility index (Phi) is 9.28. The first-order valence-corrected chi connectivity index (χ1v) is 8.53. The zero-order valence-electron chi connectivity index (χ0n) is 14.3. The smallest absolute Gasteiger partial charge is 0.240 e. The summed E-state index contributed by atoms with van der Waals surface area (Å²) >= 11 is 0. The van der Waals surface area contributed by atoms with E-state index in [1.54, 1.807) is 0 Å². The van der Waals surface area contributed by atoms with Crippen LogP contribution in [0.4, 0.5) is 0 Å². The van der Waals surface area contributed by atoms with E-state index in [2.05, 4.69) is 17.5 Å². The molecule has 22 heavy (non-hydrogen) atoms. The lowest BCUT2D eigenvalue weighted by molar-refractivity contribution is -0.121. The third-order valence-electron chi connectivity index (χ3n) is 3.70. The van der Waals surface area contributed by atoms with Crippen molar-refractivity contribution in [3.63, 3.8) is 0 Å². The van der Waals surface area contributed by atoms with Gasteiger partial charge in [0.2, 0.25) is 5.91 Å². The van der Waals surface area contributed by atoms with E-state index in [4.69, 9.17) is 4.42 Å². The Morgan fingerprint density at radius 1 is 1.09 bits per heavy atom. The van der Waals surface area contributed by atoms with Crippen LogP contribution in [0.3, 0.4) is 0 Å². The van der Waals surface area contributed by atoms with E-state index in [0.717, 1.165) is 18.6 Å². The Hall–Kier alpha value is -1.58. The van der Waals surface area contributed by atoms with E-state index in [1.807, 2.05) is 26.0 Å². The number of hydrogen-bond acceptors (Lipinski definition) is 3. The number of hydrogen-bond donors (Lipinski definition) is 1. The molecule has 1 amide bonds. The fourth-order valence-corrected chi connectivity index (χ4v) is 2.31. The number of furan rings is 1. The highest BCUT2D eigenvalue weighted by molar-refractivity contribution is 5.96. The fourth-order valence-electron chi connectivity index (χ4n) is 2.31. The van der Waals surface area contributed by atoms with Crippen LogP contribution >= 0.6 is 0 Å². The molecular formula is C18H30N2O2. The molecule has 0 aromatic carbocycles. The molecule has 0 saturated heterocycles. The van der Waals surface area contributed by atoms with Gasteiger partial charge in [-0.1, -0.05) is 51.9 Å². The predicted octanol–water partition coefficient (Wildman–Crippen LogP) is 4.96. The molecule has 1 N–H and O–H groups in total. The van der Waals surface area contributed by atoms with Crippen molar-refractivity contribution >= 4 is 11.6 Å². The standard InChI is InChI=1S/C18H30N2O2/c1-4-5-6-7-8-9-10-11-12-18(21)20-19-16(3)17-14-13-15(2)22-17/h13-14H,4-12H2,1-3H3,(H,20,21). The molecule has 0 unspecified atom stereocenters. The molecule has 4 nitrogen and oxygen atoms in total. The molecule has 124 valence electrons. The number of carbonyl (C=O) groups excluding carboxylic acids is 1. The first-order valence-electron chi connectivity index (χ1n) is 8.53. The topological polar surface area (TPSA) is 54.6 Å². The maximum absolute atomic E-state index is 11.7. The van der Waals surface area contributed by atoms with Crippen molar-refractivity contribution in [2.75, 3.05) is 0 Å². The van der Waals surface area contributed by atoms with Gasteiger partial charge < -0.3 is 4.42 Å². The molecule has 1 rings (SSSR count). The molecule has 0 aliphatic rings. The quantitative estimate of drug-likeness (QED) is 0.357. The Morgan fingerprint density at radius 3 is 2.32 bits per heavy atom. The number of aryl methyl sites for hydroxylation is 1. The number of nitrogens with zero attached hydrogens (tertiary/aromatic N) is 1. The van der Waals surface area contributed by atoms with Gasteiger partial charge >= 0.3 is 0 Å². The lowest BCUT2D eigenvalue weighted by Gasteiger charge is -2.02. The maximum atomic E-state index is 11.7. The molecule has 0 bridgehead atoms. The van der Waals surface area contributed by atoms with Gasteiger partial charge in [-0.25, -0.2) is 5.43 Å². The first kappa shape index (κ1) is 18.5. The van der Waals surface area contributed by atoms with Crippen molar-refractivity contribution in [1.29, 1.82) is 0 Å². The van der Waals surface area contributed by atoms with E-state index in [9.17, 15) is 4.79 Å². The van der Waals surface area contributed by atoms with Gasteiger partial charge in [-0.05, 0) is 32.4 Å². The molecule has 1 aromatic rings. The summed E-state index contributed by atoms with van der Waals surface area (Å²) in [5, 5.41) is 4.08. The summed E-state index contributed by atoms with van der Waals surface area (Å²) in [5.74, 6) is 1.52. The van der Waals surface area contributed by atoms with Crippen LogP contribution in [0.1, 0.15) is 83.2 Å². The molecule has 0 aliphatic heterocycles. The lowest BCUT2D eigenvalue weighted by Crippen LogP contribution is -2.18. The maximum Gasteiger partial charge on any atom is 0.240 e. The van der Waals surface area contributed by atoms with E-state index in [0.29, 0.717) is 17.9 Å². The zero-order chi connectivity index (χ0) is 16.2. The predicted molar refractivity (Wildman–Crippen MR) is 91.0 cm³/mol. The van der Waals surface area contributed by atoms with Crippen LogP contribution in [0.5, 0.6) is 0 Å². The summed E-state index contributed by atoms with van der Waals surface area (Å²) in [4.78, 5) is 11.7. The van der Waals surface area contributed by atoms with E-state index in [1.165, 1.54) is 38.5 Å². The highest BCUT2D eigenvalue weighted by atomic mass is 16.3. The normalized spacial score (nSPS) is 11.7. The Morgan fingerprint density at radius 2 is 1.73 bits per heavy atom. The van der Waals surface area contributed by atoms with Gasteiger partial charge in [-0.3, -0.25) is 4.79 Å². The first-order chi connectivity index (χ1) is 10.6. The van der Waals surface area contributed by atoms with Crippen molar-refractivity contribution in [2.45, 2.75) is 78.6 Å². The van der Waals surface area contributed by atoms with Gasteiger partial charge in [0, 0.05) is 6.42 Å². The molecule has 0 saturated carbocycles. The Labute approximate surface area is 134 Å². The highest BCUT2D eigenvalue weighted by Gasteiger charge is 2.04. The second-order valence-electron chi connectivity index (χ2n) is 5.87. The third-order valence-corrected chi connectivity index (χ3v) is 3.70. The molecule has 0 atom stereocenters. The number of hydrazone groups is 1. The largest absolute Gasteiger partial charge is 0.460 e. The number of unbranched alkanes of at least 4 members (excludes halogenated alkanes) is 7. The molecule has 4 heteroatoms. The van der Waals surface area contributed by atoms with Crippen LogP contribution in [0.15, 0.2) is 21.7 Å². The average Bonchev–Trinajstić information content (AvgIpc) is 2.94. The van der Waals surface area contributed by atoms with Crippen LogP contribution < -0.4 is 5.43 Å². The van der Waals surface area contributed by atoms with E-state index < -0.39 is 0 Å². The second-order valence-corrected chi connectivity index (χ2v) is 5.87. The van der Waals surface area contributed by atoms with Gasteiger partial charge in [-0.15, -0.1) is 0 Å². The van der Waals surface area contributed by atoms with Gasteiger partial charge in [-0.2, -0.15) is 5.10 Å². The van der Waals surface area contributed by atoms with Crippen molar-refractivity contribution < 1.29 is 9.21 Å². The van der Waals surface area contributed by atoms with E-state index >= 15 is 0 Å². The second kappa shape index (κ2) is 11.0. The van der Waals surface area contributed by atoms with Crippen LogP contribution in [0.2, 0.25) is 0 Å². The number of nitrogens with one attached hydrogen (secondary N) is 1. The number of carbonyl (C=O) groups is 1. The van der Waals surface area contributed by atoms with Crippen molar-refractivity contribution in [3.8, 4) is 0 Å².